The summed E-state index contributed by atoms with van der Waals surface area (Å²) < 4.78 is 5.98. The average Bonchev–Trinajstić information content (AvgIpc) is 3.01. The van der Waals surface area contributed by atoms with E-state index >= 15 is 0 Å². The first-order valence-corrected chi connectivity index (χ1v) is 11.3. The number of hydrogen-bond acceptors (Lipinski definition) is 4. The quantitative estimate of drug-likeness (QED) is 0.397. The van der Waals surface area contributed by atoms with Crippen molar-refractivity contribution in [1.82, 2.24) is 5.32 Å². The van der Waals surface area contributed by atoms with Crippen molar-refractivity contribution in [2.24, 2.45) is 4.99 Å². The molecule has 172 valence electrons. The number of carbonyl (C=O) groups is 2. The maximum absolute atomic E-state index is 13.6. The summed E-state index contributed by atoms with van der Waals surface area (Å²) in [5.41, 5.74) is 3.95. The predicted octanol–water partition coefficient (Wildman–Crippen LogP) is 4.94. The van der Waals surface area contributed by atoms with Crippen molar-refractivity contribution in [3.05, 3.63) is 126 Å². The molecule has 4 aromatic carbocycles. The van der Waals surface area contributed by atoms with Crippen LogP contribution < -0.4 is 15.0 Å². The molecule has 1 heterocycles. The molecule has 35 heavy (non-hydrogen) atoms. The Morgan fingerprint density at radius 3 is 2.29 bits per heavy atom. The number of aliphatic imine (C=N–C) groups is 1. The molecule has 0 radical (unpaired) electrons. The summed E-state index contributed by atoms with van der Waals surface area (Å²) >= 11 is 0. The van der Waals surface area contributed by atoms with Crippen molar-refractivity contribution in [2.45, 2.75) is 12.7 Å². The standard InChI is InChI=1S/C29H23N3O3/c33-20-30-28-29(34)32(19-21-10-9-15-24(18-21)35-23-13-5-2-6-14-23)26-17-8-7-16-25(26)27(31-28)22-11-3-1-4-12-22/h1-18,20,28H,19H2,(H,30,33). The number of anilines is 1. The van der Waals surface area contributed by atoms with Crippen LogP contribution in [0.1, 0.15) is 16.7 Å². The molecule has 0 fully saturated rings. The van der Waals surface area contributed by atoms with E-state index in [2.05, 4.69) is 10.3 Å². The van der Waals surface area contributed by atoms with E-state index in [4.69, 9.17) is 4.74 Å². The predicted molar refractivity (Wildman–Crippen MR) is 136 cm³/mol. The summed E-state index contributed by atoms with van der Waals surface area (Å²) in [6, 6.07) is 34.5. The number of nitrogens with zero attached hydrogens (tertiary/aromatic N) is 2. The molecule has 2 amide bonds. The fourth-order valence-electron chi connectivity index (χ4n) is 4.11. The molecule has 1 aliphatic heterocycles. The molecular formula is C29H23N3O3. The van der Waals surface area contributed by atoms with Crippen molar-refractivity contribution in [3.63, 3.8) is 0 Å². The van der Waals surface area contributed by atoms with Gasteiger partial charge in [-0.3, -0.25) is 9.59 Å². The maximum Gasteiger partial charge on any atom is 0.272 e. The molecule has 0 saturated carbocycles. The molecule has 1 N–H and O–H groups in total. The molecule has 0 saturated heterocycles. The van der Waals surface area contributed by atoms with Gasteiger partial charge in [-0.05, 0) is 35.9 Å². The zero-order valence-corrected chi connectivity index (χ0v) is 18.9. The van der Waals surface area contributed by atoms with Gasteiger partial charge in [0.05, 0.1) is 17.9 Å². The number of benzodiazepines with no additional fused rings is 1. The van der Waals surface area contributed by atoms with Crippen LogP contribution in [0.15, 0.2) is 114 Å². The molecule has 4 aromatic rings. The fourth-order valence-corrected chi connectivity index (χ4v) is 4.11. The molecule has 1 unspecified atom stereocenters. The van der Waals surface area contributed by atoms with Gasteiger partial charge >= 0.3 is 0 Å². The molecule has 0 bridgehead atoms. The van der Waals surface area contributed by atoms with Crippen LogP contribution >= 0.6 is 0 Å². The van der Waals surface area contributed by atoms with Crippen molar-refractivity contribution in [1.29, 1.82) is 0 Å². The van der Waals surface area contributed by atoms with E-state index in [0.717, 1.165) is 28.1 Å². The minimum absolute atomic E-state index is 0.288. The number of rotatable bonds is 7. The minimum atomic E-state index is -1.04. The molecule has 1 atom stereocenters. The smallest absolute Gasteiger partial charge is 0.272 e. The van der Waals surface area contributed by atoms with E-state index in [1.54, 1.807) is 4.90 Å². The lowest BCUT2D eigenvalue weighted by atomic mass is 10.00. The average molecular weight is 462 g/mol. The summed E-state index contributed by atoms with van der Waals surface area (Å²) in [6.07, 6.45) is -0.532. The molecule has 0 spiro atoms. The number of para-hydroxylation sites is 2. The second-order valence-electron chi connectivity index (χ2n) is 8.03. The number of benzene rings is 4. The first kappa shape index (κ1) is 22.1. The summed E-state index contributed by atoms with van der Waals surface area (Å²) in [4.78, 5) is 31.3. The summed E-state index contributed by atoms with van der Waals surface area (Å²) in [5, 5.41) is 2.58. The van der Waals surface area contributed by atoms with Crippen LogP contribution in [-0.2, 0) is 16.1 Å². The zero-order chi connectivity index (χ0) is 24.0. The van der Waals surface area contributed by atoms with Crippen molar-refractivity contribution < 1.29 is 14.3 Å². The SMILES string of the molecule is O=CNC1N=C(c2ccccc2)c2ccccc2N(Cc2cccc(Oc3ccccc3)c2)C1=O. The molecule has 5 rings (SSSR count). The monoisotopic (exact) mass is 461 g/mol. The Hall–Kier alpha value is -4.71. The van der Waals surface area contributed by atoms with Crippen molar-refractivity contribution >= 4 is 23.7 Å². The van der Waals surface area contributed by atoms with Gasteiger partial charge in [0.2, 0.25) is 12.6 Å². The number of carbonyl (C=O) groups excluding carboxylic acids is 2. The lowest BCUT2D eigenvalue weighted by Gasteiger charge is -2.25. The van der Waals surface area contributed by atoms with Gasteiger partial charge in [-0.1, -0.05) is 78.9 Å². The highest BCUT2D eigenvalue weighted by molar-refractivity contribution is 6.20. The van der Waals surface area contributed by atoms with Gasteiger partial charge < -0.3 is 15.0 Å². The van der Waals surface area contributed by atoms with Gasteiger partial charge in [-0.15, -0.1) is 0 Å². The van der Waals surface area contributed by atoms with E-state index < -0.39 is 6.17 Å². The summed E-state index contributed by atoms with van der Waals surface area (Å²) in [5.74, 6) is 1.09. The molecular weight excluding hydrogens is 438 g/mol. The number of amides is 2. The van der Waals surface area contributed by atoms with Crippen LogP contribution in [0.2, 0.25) is 0 Å². The molecule has 0 aromatic heterocycles. The largest absolute Gasteiger partial charge is 0.457 e. The van der Waals surface area contributed by atoms with E-state index in [-0.39, 0.29) is 12.5 Å². The molecule has 1 aliphatic rings. The van der Waals surface area contributed by atoms with Gasteiger partial charge in [0.1, 0.15) is 11.5 Å². The second kappa shape index (κ2) is 10.1. The highest BCUT2D eigenvalue weighted by Gasteiger charge is 2.31. The third kappa shape index (κ3) is 4.82. The highest BCUT2D eigenvalue weighted by Crippen LogP contribution is 2.30. The van der Waals surface area contributed by atoms with Crippen LogP contribution in [0.25, 0.3) is 0 Å². The molecule has 6 nitrogen and oxygen atoms in total. The third-order valence-corrected chi connectivity index (χ3v) is 5.70. The van der Waals surface area contributed by atoms with Crippen molar-refractivity contribution in [3.8, 4) is 11.5 Å². The van der Waals surface area contributed by atoms with Gasteiger partial charge in [-0.25, -0.2) is 4.99 Å². The maximum atomic E-state index is 13.6. The number of hydrogen-bond donors (Lipinski definition) is 1. The normalized spacial score (nSPS) is 15.0. The Morgan fingerprint density at radius 2 is 1.51 bits per heavy atom. The Morgan fingerprint density at radius 1 is 0.829 bits per heavy atom. The fraction of sp³-hybridized carbons (Fsp3) is 0.0690. The molecule has 6 heteroatoms. The number of ether oxygens (including phenoxy) is 1. The van der Waals surface area contributed by atoms with E-state index in [1.165, 1.54) is 0 Å². The number of nitrogens with one attached hydrogen (secondary N) is 1. The van der Waals surface area contributed by atoms with Crippen molar-refractivity contribution in [2.75, 3.05) is 4.90 Å². The van der Waals surface area contributed by atoms with Gasteiger partial charge in [0, 0.05) is 11.1 Å². The van der Waals surface area contributed by atoms with E-state index in [9.17, 15) is 9.59 Å². The molecule has 0 aliphatic carbocycles. The topological polar surface area (TPSA) is 71.0 Å². The summed E-state index contributed by atoms with van der Waals surface area (Å²) in [7, 11) is 0. The number of fused-ring (bicyclic) bond motifs is 1. The lowest BCUT2D eigenvalue weighted by molar-refractivity contribution is -0.123. The summed E-state index contributed by atoms with van der Waals surface area (Å²) in [6.45, 7) is 0.288. The lowest BCUT2D eigenvalue weighted by Crippen LogP contribution is -2.44. The van der Waals surface area contributed by atoms with Gasteiger partial charge in [0.25, 0.3) is 5.91 Å². The third-order valence-electron chi connectivity index (χ3n) is 5.70. The Balaban J connectivity index is 1.53. The van der Waals surface area contributed by atoms with Crippen LogP contribution in [-0.4, -0.2) is 24.2 Å². The van der Waals surface area contributed by atoms with Gasteiger partial charge in [-0.2, -0.15) is 0 Å². The van der Waals surface area contributed by atoms with E-state index in [0.29, 0.717) is 17.9 Å². The van der Waals surface area contributed by atoms with E-state index in [1.807, 2.05) is 109 Å². The minimum Gasteiger partial charge on any atom is -0.457 e. The van der Waals surface area contributed by atoms with Gasteiger partial charge in [0.15, 0.2) is 0 Å². The van der Waals surface area contributed by atoms with Crippen LogP contribution in [0.4, 0.5) is 5.69 Å². The Bertz CT molecular complexity index is 1370. The first-order valence-electron chi connectivity index (χ1n) is 11.3. The Labute approximate surface area is 203 Å². The second-order valence-corrected chi connectivity index (χ2v) is 8.03. The van der Waals surface area contributed by atoms with Crippen LogP contribution in [0, 0.1) is 0 Å². The highest BCUT2D eigenvalue weighted by atomic mass is 16.5. The zero-order valence-electron chi connectivity index (χ0n) is 18.9. The van der Waals surface area contributed by atoms with Crippen LogP contribution in [0.5, 0.6) is 11.5 Å². The first-order chi connectivity index (χ1) is 17.2. The Kier molecular flexibility index (Phi) is 6.35. The van der Waals surface area contributed by atoms with Crippen LogP contribution in [0.3, 0.4) is 0 Å².